The van der Waals surface area contributed by atoms with E-state index in [1.54, 1.807) is 7.05 Å². The number of rotatable bonds is 5. The molecule has 0 unspecified atom stereocenters. The summed E-state index contributed by atoms with van der Waals surface area (Å²) in [5, 5.41) is 9.81. The smallest absolute Gasteiger partial charge is 0.225 e. The van der Waals surface area contributed by atoms with Crippen LogP contribution < -0.4 is 16.0 Å². The Morgan fingerprint density at radius 1 is 1.00 bits per heavy atom. The van der Waals surface area contributed by atoms with Crippen LogP contribution >= 0.6 is 0 Å². The van der Waals surface area contributed by atoms with Crippen molar-refractivity contribution < 1.29 is 4.79 Å². The number of hydrogen-bond donors (Lipinski definition) is 3. The molecule has 0 aromatic rings. The van der Waals surface area contributed by atoms with Crippen molar-refractivity contribution in [2.75, 3.05) is 33.2 Å². The van der Waals surface area contributed by atoms with Gasteiger partial charge in [0.15, 0.2) is 5.96 Å². The van der Waals surface area contributed by atoms with Crippen LogP contribution in [0.2, 0.25) is 0 Å². The summed E-state index contributed by atoms with van der Waals surface area (Å²) in [7, 11) is 1.81. The molecule has 1 saturated carbocycles. The van der Waals surface area contributed by atoms with Crippen molar-refractivity contribution in [3.8, 4) is 0 Å². The van der Waals surface area contributed by atoms with E-state index in [1.165, 1.54) is 58.0 Å². The first-order valence-electron chi connectivity index (χ1n) is 10.4. The number of likely N-dealkylation sites (tertiary alicyclic amines) is 1. The molecule has 1 saturated heterocycles. The van der Waals surface area contributed by atoms with Gasteiger partial charge in [-0.1, -0.05) is 40.0 Å². The van der Waals surface area contributed by atoms with Crippen molar-refractivity contribution >= 4 is 11.9 Å². The van der Waals surface area contributed by atoms with Crippen molar-refractivity contribution in [2.45, 2.75) is 77.8 Å². The molecule has 0 aromatic heterocycles. The summed E-state index contributed by atoms with van der Waals surface area (Å²) >= 11 is 0. The molecule has 1 aliphatic heterocycles. The number of nitrogens with one attached hydrogen (secondary N) is 3. The molecular formula is C20H39N5O. The van der Waals surface area contributed by atoms with E-state index in [2.05, 4.69) is 25.8 Å². The SMILES string of the molecule is CN=C(NCCNC(=O)C(C)(C)C)NC1CCN(C2CCCCC2)CC1. The molecule has 0 atom stereocenters. The Labute approximate surface area is 159 Å². The summed E-state index contributed by atoms with van der Waals surface area (Å²) < 4.78 is 0. The Hall–Kier alpha value is -1.30. The minimum absolute atomic E-state index is 0.0809. The number of piperidine rings is 1. The van der Waals surface area contributed by atoms with Crippen LogP contribution in [0.3, 0.4) is 0 Å². The van der Waals surface area contributed by atoms with Gasteiger partial charge >= 0.3 is 0 Å². The first kappa shape index (κ1) is 21.0. The van der Waals surface area contributed by atoms with Crippen LogP contribution in [0.5, 0.6) is 0 Å². The molecule has 26 heavy (non-hydrogen) atoms. The number of aliphatic imine (C=N–C) groups is 1. The quantitative estimate of drug-likeness (QED) is 0.396. The highest BCUT2D eigenvalue weighted by Gasteiger charge is 2.26. The van der Waals surface area contributed by atoms with E-state index in [1.807, 2.05) is 20.8 Å². The highest BCUT2D eigenvalue weighted by Crippen LogP contribution is 2.25. The van der Waals surface area contributed by atoms with Crippen LogP contribution in [0, 0.1) is 5.41 Å². The van der Waals surface area contributed by atoms with Crippen molar-refractivity contribution in [1.82, 2.24) is 20.9 Å². The lowest BCUT2D eigenvalue weighted by Crippen LogP contribution is -2.51. The van der Waals surface area contributed by atoms with Gasteiger partial charge in [0.1, 0.15) is 0 Å². The van der Waals surface area contributed by atoms with Gasteiger partial charge in [-0.2, -0.15) is 0 Å². The van der Waals surface area contributed by atoms with Gasteiger partial charge in [-0.05, 0) is 25.7 Å². The highest BCUT2D eigenvalue weighted by molar-refractivity contribution is 5.82. The van der Waals surface area contributed by atoms with Crippen LogP contribution in [-0.2, 0) is 4.79 Å². The number of amides is 1. The van der Waals surface area contributed by atoms with Crippen molar-refractivity contribution in [1.29, 1.82) is 0 Å². The van der Waals surface area contributed by atoms with E-state index in [-0.39, 0.29) is 11.3 Å². The molecule has 1 heterocycles. The maximum absolute atomic E-state index is 11.9. The zero-order valence-electron chi connectivity index (χ0n) is 17.2. The third-order valence-corrected chi connectivity index (χ3v) is 5.57. The Balaban J connectivity index is 1.63. The first-order chi connectivity index (χ1) is 12.4. The fourth-order valence-corrected chi connectivity index (χ4v) is 3.87. The number of guanidine groups is 1. The minimum Gasteiger partial charge on any atom is -0.355 e. The lowest BCUT2D eigenvalue weighted by molar-refractivity contribution is -0.128. The van der Waals surface area contributed by atoms with E-state index < -0.39 is 0 Å². The molecule has 6 nitrogen and oxygen atoms in total. The van der Waals surface area contributed by atoms with Crippen LogP contribution in [-0.4, -0.2) is 62.1 Å². The molecule has 3 N–H and O–H groups in total. The lowest BCUT2D eigenvalue weighted by Gasteiger charge is -2.39. The number of carbonyl (C=O) groups is 1. The molecule has 6 heteroatoms. The van der Waals surface area contributed by atoms with E-state index in [0.717, 1.165) is 12.0 Å². The summed E-state index contributed by atoms with van der Waals surface area (Å²) in [6.45, 7) is 9.46. The summed E-state index contributed by atoms with van der Waals surface area (Å²) in [6.07, 6.45) is 9.38. The highest BCUT2D eigenvalue weighted by atomic mass is 16.2. The fraction of sp³-hybridized carbons (Fsp3) is 0.900. The van der Waals surface area contributed by atoms with Gasteiger partial charge in [-0.25, -0.2) is 0 Å². The van der Waals surface area contributed by atoms with E-state index in [4.69, 9.17) is 0 Å². The fourth-order valence-electron chi connectivity index (χ4n) is 3.87. The van der Waals surface area contributed by atoms with E-state index >= 15 is 0 Å². The number of hydrogen-bond acceptors (Lipinski definition) is 3. The number of carbonyl (C=O) groups excluding carboxylic acids is 1. The zero-order valence-corrected chi connectivity index (χ0v) is 17.2. The minimum atomic E-state index is -0.341. The van der Waals surface area contributed by atoms with Crippen LogP contribution in [0.15, 0.2) is 4.99 Å². The van der Waals surface area contributed by atoms with Crippen LogP contribution in [0.1, 0.15) is 65.7 Å². The Morgan fingerprint density at radius 2 is 1.62 bits per heavy atom. The molecule has 150 valence electrons. The molecule has 2 fully saturated rings. The normalized spacial score (nSPS) is 21.5. The van der Waals surface area contributed by atoms with Gasteiger partial charge < -0.3 is 20.9 Å². The average Bonchev–Trinajstić information content (AvgIpc) is 2.64. The first-order valence-corrected chi connectivity index (χ1v) is 10.4. The Morgan fingerprint density at radius 3 is 2.19 bits per heavy atom. The molecule has 0 spiro atoms. The monoisotopic (exact) mass is 365 g/mol. The van der Waals surface area contributed by atoms with Gasteiger partial charge in [-0.15, -0.1) is 0 Å². The molecule has 1 aliphatic carbocycles. The van der Waals surface area contributed by atoms with Crippen molar-refractivity contribution in [3.63, 3.8) is 0 Å². The summed E-state index contributed by atoms with van der Waals surface area (Å²) in [5.41, 5.74) is -0.341. The number of nitrogens with zero attached hydrogens (tertiary/aromatic N) is 2. The van der Waals surface area contributed by atoms with Gasteiger partial charge in [0.2, 0.25) is 5.91 Å². The molecule has 0 bridgehead atoms. The predicted octanol–water partition coefficient (Wildman–Crippen LogP) is 2.11. The van der Waals surface area contributed by atoms with Crippen LogP contribution in [0.4, 0.5) is 0 Å². The van der Waals surface area contributed by atoms with Gasteiger partial charge in [0.05, 0.1) is 0 Å². The molecule has 1 amide bonds. The third kappa shape index (κ3) is 6.78. The molecule has 0 radical (unpaired) electrons. The topological polar surface area (TPSA) is 68.8 Å². The van der Waals surface area contributed by atoms with Crippen molar-refractivity contribution in [3.05, 3.63) is 0 Å². The molecule has 2 rings (SSSR count). The Kier molecular flexibility index (Phi) is 8.19. The molecule has 0 aromatic carbocycles. The van der Waals surface area contributed by atoms with Crippen LogP contribution in [0.25, 0.3) is 0 Å². The van der Waals surface area contributed by atoms with E-state index in [0.29, 0.717) is 19.1 Å². The predicted molar refractivity (Wildman–Crippen MR) is 108 cm³/mol. The average molecular weight is 366 g/mol. The standard InChI is InChI=1S/C20H39N5O/c1-20(2,3)18(26)22-12-13-23-19(21-4)24-16-10-14-25(15-11-16)17-8-6-5-7-9-17/h16-17H,5-15H2,1-4H3,(H,22,26)(H2,21,23,24). The molecule has 2 aliphatic rings. The van der Waals surface area contributed by atoms with E-state index in [9.17, 15) is 4.79 Å². The lowest BCUT2D eigenvalue weighted by atomic mass is 9.92. The van der Waals surface area contributed by atoms with Gasteiger partial charge in [0.25, 0.3) is 0 Å². The summed E-state index contributed by atoms with van der Waals surface area (Å²) in [6, 6.07) is 1.32. The summed E-state index contributed by atoms with van der Waals surface area (Å²) in [4.78, 5) is 18.9. The molecular weight excluding hydrogens is 326 g/mol. The van der Waals surface area contributed by atoms with Crippen molar-refractivity contribution in [2.24, 2.45) is 10.4 Å². The van der Waals surface area contributed by atoms with Gasteiger partial charge in [0, 0.05) is 50.7 Å². The largest absolute Gasteiger partial charge is 0.355 e. The third-order valence-electron chi connectivity index (χ3n) is 5.57. The second kappa shape index (κ2) is 10.1. The second-order valence-corrected chi connectivity index (χ2v) is 8.75. The Bertz CT molecular complexity index is 457. The maximum Gasteiger partial charge on any atom is 0.225 e. The zero-order chi connectivity index (χ0) is 19.0. The maximum atomic E-state index is 11.9. The summed E-state index contributed by atoms with van der Waals surface area (Å²) in [5.74, 6) is 0.920. The second-order valence-electron chi connectivity index (χ2n) is 8.75. The van der Waals surface area contributed by atoms with Gasteiger partial charge in [-0.3, -0.25) is 9.79 Å².